The van der Waals surface area contributed by atoms with Gasteiger partial charge in [0.1, 0.15) is 5.78 Å². The molecule has 0 bridgehead atoms. The van der Waals surface area contributed by atoms with Gasteiger partial charge in [0.05, 0.1) is 18.2 Å². The summed E-state index contributed by atoms with van der Waals surface area (Å²) < 4.78 is 2.02. The second-order valence-electron chi connectivity index (χ2n) is 6.22. The van der Waals surface area contributed by atoms with Crippen LogP contribution in [0.25, 0.3) is 0 Å². The van der Waals surface area contributed by atoms with Crippen LogP contribution in [0.3, 0.4) is 0 Å². The van der Waals surface area contributed by atoms with Gasteiger partial charge in [0.2, 0.25) is 0 Å². The molecule has 0 amide bonds. The molecule has 0 radical (unpaired) electrons. The summed E-state index contributed by atoms with van der Waals surface area (Å²) in [6.07, 6.45) is 8.92. The number of carbonyl (C=O) groups excluding carboxylic acids is 1. The molecule has 118 valence electrons. The standard InChI is InChI=1S/C17H29N3O/c1-3-16(4-2)20-11-9-15(19-20)12-17(21)8-7-14-6-5-10-18-13-14/h9,11,14,16,18H,3-8,10,12-13H2,1-2H3. The molecule has 0 saturated carbocycles. The molecule has 4 heteroatoms. The van der Waals surface area contributed by atoms with Crippen molar-refractivity contribution in [2.24, 2.45) is 5.92 Å². The van der Waals surface area contributed by atoms with Gasteiger partial charge in [-0.15, -0.1) is 0 Å². The lowest BCUT2D eigenvalue weighted by atomic mass is 9.93. The van der Waals surface area contributed by atoms with E-state index in [9.17, 15) is 4.79 Å². The highest BCUT2D eigenvalue weighted by molar-refractivity contribution is 5.80. The van der Waals surface area contributed by atoms with Gasteiger partial charge in [0, 0.05) is 12.6 Å². The summed E-state index contributed by atoms with van der Waals surface area (Å²) in [7, 11) is 0. The molecular weight excluding hydrogens is 262 g/mol. The Morgan fingerprint density at radius 1 is 1.48 bits per heavy atom. The van der Waals surface area contributed by atoms with Crippen molar-refractivity contribution in [3.05, 3.63) is 18.0 Å². The van der Waals surface area contributed by atoms with Crippen LogP contribution >= 0.6 is 0 Å². The zero-order valence-corrected chi connectivity index (χ0v) is 13.5. The van der Waals surface area contributed by atoms with E-state index in [1.807, 2.05) is 16.9 Å². The summed E-state index contributed by atoms with van der Waals surface area (Å²) in [5, 5.41) is 7.98. The van der Waals surface area contributed by atoms with E-state index in [0.29, 0.717) is 30.6 Å². The van der Waals surface area contributed by atoms with Crippen molar-refractivity contribution in [2.75, 3.05) is 13.1 Å². The third-order valence-electron chi connectivity index (χ3n) is 4.59. The molecule has 1 atom stereocenters. The molecular formula is C17H29N3O. The lowest BCUT2D eigenvalue weighted by Crippen LogP contribution is -2.30. The molecule has 2 rings (SSSR count). The molecule has 0 aromatic carbocycles. The van der Waals surface area contributed by atoms with Crippen LogP contribution < -0.4 is 5.32 Å². The first-order valence-corrected chi connectivity index (χ1v) is 8.49. The maximum atomic E-state index is 12.1. The van der Waals surface area contributed by atoms with Crippen molar-refractivity contribution in [3.8, 4) is 0 Å². The number of piperidine rings is 1. The van der Waals surface area contributed by atoms with E-state index in [0.717, 1.165) is 38.0 Å². The van der Waals surface area contributed by atoms with E-state index >= 15 is 0 Å². The first kappa shape index (κ1) is 16.2. The number of hydrogen-bond acceptors (Lipinski definition) is 3. The zero-order chi connectivity index (χ0) is 15.1. The molecule has 1 unspecified atom stereocenters. The summed E-state index contributed by atoms with van der Waals surface area (Å²) in [6.45, 7) is 6.58. The highest BCUT2D eigenvalue weighted by Crippen LogP contribution is 2.17. The van der Waals surface area contributed by atoms with Gasteiger partial charge >= 0.3 is 0 Å². The fourth-order valence-electron chi connectivity index (χ4n) is 3.16. The predicted molar refractivity (Wildman–Crippen MR) is 85.4 cm³/mol. The largest absolute Gasteiger partial charge is 0.316 e. The number of hydrogen-bond donors (Lipinski definition) is 1. The zero-order valence-electron chi connectivity index (χ0n) is 13.5. The van der Waals surface area contributed by atoms with Crippen molar-refractivity contribution >= 4 is 5.78 Å². The van der Waals surface area contributed by atoms with E-state index in [-0.39, 0.29) is 0 Å². The number of carbonyl (C=O) groups is 1. The smallest absolute Gasteiger partial charge is 0.138 e. The van der Waals surface area contributed by atoms with Gasteiger partial charge in [0.25, 0.3) is 0 Å². The predicted octanol–water partition coefficient (Wildman–Crippen LogP) is 3.14. The van der Waals surface area contributed by atoms with E-state index < -0.39 is 0 Å². The van der Waals surface area contributed by atoms with Crippen molar-refractivity contribution in [2.45, 2.75) is 64.8 Å². The van der Waals surface area contributed by atoms with Gasteiger partial charge in [-0.1, -0.05) is 13.8 Å². The van der Waals surface area contributed by atoms with E-state index in [1.54, 1.807) is 0 Å². The van der Waals surface area contributed by atoms with Crippen molar-refractivity contribution in [1.29, 1.82) is 0 Å². The van der Waals surface area contributed by atoms with Gasteiger partial charge in [-0.3, -0.25) is 9.48 Å². The highest BCUT2D eigenvalue weighted by atomic mass is 16.1. The SMILES string of the molecule is CCC(CC)n1ccc(CC(=O)CCC2CCCNC2)n1. The summed E-state index contributed by atoms with van der Waals surface area (Å²) in [4.78, 5) is 12.1. The van der Waals surface area contributed by atoms with Crippen LogP contribution in [0.4, 0.5) is 0 Å². The van der Waals surface area contributed by atoms with Crippen LogP contribution in [0.2, 0.25) is 0 Å². The van der Waals surface area contributed by atoms with Crippen LogP contribution in [0.5, 0.6) is 0 Å². The second kappa shape index (κ2) is 8.32. The van der Waals surface area contributed by atoms with Crippen molar-refractivity contribution < 1.29 is 4.79 Å². The summed E-state index contributed by atoms with van der Waals surface area (Å²) >= 11 is 0. The average Bonchev–Trinajstić information content (AvgIpc) is 2.96. The number of Topliss-reactive ketones (excluding diaryl/α,β-unsaturated/α-hetero) is 1. The Bertz CT molecular complexity index is 431. The fourth-order valence-corrected chi connectivity index (χ4v) is 3.16. The molecule has 1 aromatic rings. The number of nitrogens with one attached hydrogen (secondary N) is 1. The lowest BCUT2D eigenvalue weighted by molar-refractivity contribution is -0.118. The minimum Gasteiger partial charge on any atom is -0.316 e. The van der Waals surface area contributed by atoms with Crippen molar-refractivity contribution in [3.63, 3.8) is 0 Å². The Labute approximate surface area is 128 Å². The molecule has 1 saturated heterocycles. The van der Waals surface area contributed by atoms with E-state index in [1.165, 1.54) is 12.8 Å². The third-order valence-corrected chi connectivity index (χ3v) is 4.59. The second-order valence-corrected chi connectivity index (χ2v) is 6.22. The third kappa shape index (κ3) is 4.95. The first-order chi connectivity index (χ1) is 10.2. The monoisotopic (exact) mass is 291 g/mol. The van der Waals surface area contributed by atoms with Gasteiger partial charge in [-0.05, 0) is 57.2 Å². The summed E-state index contributed by atoms with van der Waals surface area (Å²) in [5.74, 6) is 1.01. The van der Waals surface area contributed by atoms with Crippen LogP contribution in [0, 0.1) is 5.92 Å². The van der Waals surface area contributed by atoms with Crippen LogP contribution in [-0.4, -0.2) is 28.7 Å². The van der Waals surface area contributed by atoms with Gasteiger partial charge in [0.15, 0.2) is 0 Å². The van der Waals surface area contributed by atoms with E-state index in [4.69, 9.17) is 0 Å². The molecule has 4 nitrogen and oxygen atoms in total. The topological polar surface area (TPSA) is 46.9 Å². The van der Waals surface area contributed by atoms with Crippen LogP contribution in [0.15, 0.2) is 12.3 Å². The maximum Gasteiger partial charge on any atom is 0.138 e. The quantitative estimate of drug-likeness (QED) is 0.800. The Morgan fingerprint density at radius 3 is 2.95 bits per heavy atom. The molecule has 0 spiro atoms. The average molecular weight is 291 g/mol. The Morgan fingerprint density at radius 2 is 2.29 bits per heavy atom. The van der Waals surface area contributed by atoms with Crippen LogP contribution in [-0.2, 0) is 11.2 Å². The first-order valence-electron chi connectivity index (χ1n) is 8.49. The molecule has 1 aliphatic heterocycles. The van der Waals surface area contributed by atoms with E-state index in [2.05, 4.69) is 24.3 Å². The molecule has 1 aromatic heterocycles. The normalized spacial score (nSPS) is 19.1. The number of aromatic nitrogens is 2. The number of nitrogens with zero attached hydrogens (tertiary/aromatic N) is 2. The maximum absolute atomic E-state index is 12.1. The number of rotatable bonds is 8. The lowest BCUT2D eigenvalue weighted by Gasteiger charge is -2.22. The van der Waals surface area contributed by atoms with Crippen LogP contribution in [0.1, 0.15) is 64.1 Å². The molecule has 2 heterocycles. The Hall–Kier alpha value is -1.16. The highest BCUT2D eigenvalue weighted by Gasteiger charge is 2.15. The molecule has 1 N–H and O–H groups in total. The van der Waals surface area contributed by atoms with Gasteiger partial charge in [-0.2, -0.15) is 5.10 Å². The summed E-state index contributed by atoms with van der Waals surface area (Å²) in [6, 6.07) is 2.46. The van der Waals surface area contributed by atoms with Gasteiger partial charge in [-0.25, -0.2) is 0 Å². The van der Waals surface area contributed by atoms with Crippen molar-refractivity contribution in [1.82, 2.24) is 15.1 Å². The number of ketones is 1. The minimum atomic E-state index is 0.329. The molecule has 0 aliphatic carbocycles. The van der Waals surface area contributed by atoms with Gasteiger partial charge < -0.3 is 5.32 Å². The molecule has 1 fully saturated rings. The molecule has 1 aliphatic rings. The Balaban J connectivity index is 1.77. The minimum absolute atomic E-state index is 0.329. The summed E-state index contributed by atoms with van der Waals surface area (Å²) in [5.41, 5.74) is 0.925. The Kier molecular flexibility index (Phi) is 6.43. The molecule has 21 heavy (non-hydrogen) atoms. The fraction of sp³-hybridized carbons (Fsp3) is 0.765.